The molecule has 1 atom stereocenters. The van der Waals surface area contributed by atoms with Gasteiger partial charge in [0, 0.05) is 30.3 Å². The van der Waals surface area contributed by atoms with Crippen LogP contribution in [0.4, 0.5) is 15.8 Å². The summed E-state index contributed by atoms with van der Waals surface area (Å²) >= 11 is 0. The molecule has 9 nitrogen and oxygen atoms in total. The van der Waals surface area contributed by atoms with Gasteiger partial charge >= 0.3 is 5.97 Å². The van der Waals surface area contributed by atoms with Crippen LogP contribution in [0.25, 0.3) is 11.1 Å². The van der Waals surface area contributed by atoms with Crippen molar-refractivity contribution in [3.63, 3.8) is 0 Å². The van der Waals surface area contributed by atoms with Crippen LogP contribution in [0.5, 0.6) is 17.2 Å². The van der Waals surface area contributed by atoms with Crippen LogP contribution < -0.4 is 24.4 Å². The second kappa shape index (κ2) is 12.9. The second-order valence-corrected chi connectivity index (χ2v) is 11.5. The fourth-order valence-electron chi connectivity index (χ4n) is 5.06. The van der Waals surface area contributed by atoms with Crippen molar-refractivity contribution < 1.29 is 32.9 Å². The minimum atomic E-state index is -0.796. The first kappa shape index (κ1) is 31.6. The van der Waals surface area contributed by atoms with Crippen molar-refractivity contribution in [3.05, 3.63) is 65.5 Å². The van der Waals surface area contributed by atoms with Crippen molar-refractivity contribution in [2.45, 2.75) is 45.9 Å². The average molecular weight is 594 g/mol. The van der Waals surface area contributed by atoms with Gasteiger partial charge in [-0.3, -0.25) is 14.5 Å². The zero-order valence-corrected chi connectivity index (χ0v) is 26.0. The summed E-state index contributed by atoms with van der Waals surface area (Å²) < 4.78 is 37.3. The van der Waals surface area contributed by atoms with E-state index in [0.717, 1.165) is 27.9 Å². The molecular weight excluding hydrogens is 553 g/mol. The lowest BCUT2D eigenvalue weighted by molar-refractivity contribution is -0.150. The number of ether oxygens (including phenoxy) is 4. The molecule has 230 valence electrons. The minimum absolute atomic E-state index is 0.0692. The molecule has 0 saturated carbocycles. The fourth-order valence-corrected chi connectivity index (χ4v) is 5.06. The first-order valence-corrected chi connectivity index (χ1v) is 14.1. The molecule has 0 bridgehead atoms. The Morgan fingerprint density at radius 2 is 1.77 bits per heavy atom. The highest BCUT2D eigenvalue weighted by molar-refractivity contribution is 6.08. The number of hydrogen-bond donors (Lipinski definition) is 1. The van der Waals surface area contributed by atoms with E-state index in [-0.39, 0.29) is 31.6 Å². The first-order chi connectivity index (χ1) is 20.3. The van der Waals surface area contributed by atoms with Crippen molar-refractivity contribution >= 4 is 23.3 Å². The number of anilines is 2. The van der Waals surface area contributed by atoms with Gasteiger partial charge in [0.2, 0.25) is 0 Å². The molecule has 0 aliphatic carbocycles. The van der Waals surface area contributed by atoms with Gasteiger partial charge in [-0.1, -0.05) is 12.1 Å². The molecule has 10 heteroatoms. The number of likely N-dealkylation sites (N-methyl/N-ethyl adjacent to an activating group) is 2. The monoisotopic (exact) mass is 593 g/mol. The molecule has 0 spiro atoms. The van der Waals surface area contributed by atoms with Crippen LogP contribution in [0, 0.1) is 12.7 Å². The van der Waals surface area contributed by atoms with Gasteiger partial charge in [0.1, 0.15) is 47.9 Å². The number of esters is 1. The molecule has 1 amide bonds. The van der Waals surface area contributed by atoms with Crippen LogP contribution in [-0.4, -0.2) is 69.8 Å². The number of aryl methyl sites for hydroxylation is 1. The van der Waals surface area contributed by atoms with Gasteiger partial charge in [0.05, 0.1) is 25.0 Å². The van der Waals surface area contributed by atoms with Crippen LogP contribution in [-0.2, 0) is 20.9 Å². The largest absolute Gasteiger partial charge is 0.496 e. The van der Waals surface area contributed by atoms with Gasteiger partial charge in [-0.2, -0.15) is 0 Å². The quantitative estimate of drug-likeness (QED) is 0.295. The molecule has 0 aromatic heterocycles. The van der Waals surface area contributed by atoms with Crippen LogP contribution >= 0.6 is 0 Å². The van der Waals surface area contributed by atoms with Gasteiger partial charge in [0.25, 0.3) is 5.91 Å². The molecule has 3 aromatic carbocycles. The van der Waals surface area contributed by atoms with Crippen molar-refractivity contribution in [2.75, 3.05) is 51.6 Å². The summed E-state index contributed by atoms with van der Waals surface area (Å²) in [5.41, 5.74) is 3.71. The van der Waals surface area contributed by atoms with Crippen molar-refractivity contribution in [3.8, 4) is 28.4 Å². The summed E-state index contributed by atoms with van der Waals surface area (Å²) in [6, 6.07) is 13.7. The molecule has 3 aromatic rings. The lowest BCUT2D eigenvalue weighted by atomic mass is 9.91. The first-order valence-electron chi connectivity index (χ1n) is 14.1. The van der Waals surface area contributed by atoms with Gasteiger partial charge in [-0.25, -0.2) is 4.39 Å². The number of fused-ring (bicyclic) bond motifs is 1. The van der Waals surface area contributed by atoms with Crippen LogP contribution in [0.3, 0.4) is 0 Å². The summed E-state index contributed by atoms with van der Waals surface area (Å²) in [6.07, 6.45) is -0.446. The molecule has 1 heterocycles. The predicted octanol–water partition coefficient (Wildman–Crippen LogP) is 5.43. The van der Waals surface area contributed by atoms with E-state index in [1.807, 2.05) is 45.0 Å². The van der Waals surface area contributed by atoms with E-state index in [9.17, 15) is 14.0 Å². The van der Waals surface area contributed by atoms with E-state index in [1.54, 1.807) is 57.1 Å². The Labute approximate surface area is 252 Å². The SMILES string of the molecule is COc1cc(OC[C@H](C)OC(=O)CN(C)C)ccc1-c1ccc2c(c1COc1cc(F)ccc1C)N(C)C(=O)C(C)(C)N2. The maximum atomic E-state index is 14.1. The Morgan fingerprint density at radius 1 is 1.05 bits per heavy atom. The Bertz CT molecular complexity index is 1510. The maximum Gasteiger partial charge on any atom is 0.320 e. The summed E-state index contributed by atoms with van der Waals surface area (Å²) in [5, 5.41) is 3.35. The standard InChI is InChI=1S/C33H40FN3O6/c1-20-9-10-22(34)15-28(20)42-19-26-24(13-14-27-31(26)37(7)32(39)33(3,4)35-27)25-12-11-23(16-29(25)40-8)41-18-21(2)43-30(38)17-36(5)6/h9-16,21,35H,17-19H2,1-8H3/t21-/m0/s1. The lowest BCUT2D eigenvalue weighted by Gasteiger charge is -2.39. The lowest BCUT2D eigenvalue weighted by Crippen LogP contribution is -2.52. The molecule has 1 aliphatic rings. The third kappa shape index (κ3) is 7.19. The van der Waals surface area contributed by atoms with Crippen LogP contribution in [0.15, 0.2) is 48.5 Å². The number of halogens is 1. The molecule has 1 aliphatic heterocycles. The van der Waals surface area contributed by atoms with E-state index in [2.05, 4.69) is 5.32 Å². The average Bonchev–Trinajstić information content (AvgIpc) is 2.94. The molecule has 43 heavy (non-hydrogen) atoms. The van der Waals surface area contributed by atoms with E-state index >= 15 is 0 Å². The number of carbonyl (C=O) groups excluding carboxylic acids is 2. The van der Waals surface area contributed by atoms with Crippen LogP contribution in [0.2, 0.25) is 0 Å². The number of nitrogens with zero attached hydrogens (tertiary/aromatic N) is 2. The molecule has 1 N–H and O–H groups in total. The van der Waals surface area contributed by atoms with E-state index in [0.29, 0.717) is 22.9 Å². The Morgan fingerprint density at radius 3 is 2.47 bits per heavy atom. The Hall–Kier alpha value is -4.31. The number of amides is 1. The Balaban J connectivity index is 1.69. The smallest absolute Gasteiger partial charge is 0.320 e. The zero-order chi connectivity index (χ0) is 31.5. The van der Waals surface area contributed by atoms with Gasteiger partial charge in [-0.15, -0.1) is 0 Å². The van der Waals surface area contributed by atoms with Gasteiger partial charge < -0.3 is 29.2 Å². The summed E-state index contributed by atoms with van der Waals surface area (Å²) in [4.78, 5) is 28.6. The Kier molecular flexibility index (Phi) is 9.49. The second-order valence-electron chi connectivity index (χ2n) is 11.5. The predicted molar refractivity (Wildman–Crippen MR) is 165 cm³/mol. The number of hydrogen-bond acceptors (Lipinski definition) is 8. The number of nitrogens with one attached hydrogen (secondary N) is 1. The summed E-state index contributed by atoms with van der Waals surface area (Å²) in [6.45, 7) is 7.71. The van der Waals surface area contributed by atoms with Gasteiger partial charge in [0.15, 0.2) is 0 Å². The zero-order valence-electron chi connectivity index (χ0n) is 26.0. The van der Waals surface area contributed by atoms with Gasteiger partial charge in [-0.05, 0) is 77.2 Å². The number of rotatable bonds is 11. The minimum Gasteiger partial charge on any atom is -0.496 e. The van der Waals surface area contributed by atoms with E-state index in [1.165, 1.54) is 12.1 Å². The topological polar surface area (TPSA) is 89.6 Å². The molecular formula is C33H40FN3O6. The van der Waals surface area contributed by atoms with Crippen molar-refractivity contribution in [2.24, 2.45) is 0 Å². The highest BCUT2D eigenvalue weighted by Gasteiger charge is 2.38. The fraction of sp³-hybridized carbons (Fsp3) is 0.394. The highest BCUT2D eigenvalue weighted by Crippen LogP contribution is 2.45. The molecule has 0 unspecified atom stereocenters. The summed E-state index contributed by atoms with van der Waals surface area (Å²) in [7, 11) is 6.90. The highest BCUT2D eigenvalue weighted by atomic mass is 19.1. The third-order valence-electron chi connectivity index (χ3n) is 7.15. The van der Waals surface area contributed by atoms with Crippen molar-refractivity contribution in [1.82, 2.24) is 4.90 Å². The summed E-state index contributed by atoms with van der Waals surface area (Å²) in [5.74, 6) is 0.666. The normalized spacial score (nSPS) is 14.6. The van der Waals surface area contributed by atoms with Crippen LogP contribution in [0.1, 0.15) is 31.9 Å². The number of carbonyl (C=O) groups is 2. The number of benzene rings is 3. The van der Waals surface area contributed by atoms with E-state index in [4.69, 9.17) is 18.9 Å². The van der Waals surface area contributed by atoms with Crippen molar-refractivity contribution in [1.29, 1.82) is 0 Å². The third-order valence-corrected chi connectivity index (χ3v) is 7.15. The maximum absolute atomic E-state index is 14.1. The molecule has 0 radical (unpaired) electrons. The molecule has 0 fully saturated rings. The number of methoxy groups -OCH3 is 1. The van der Waals surface area contributed by atoms with E-state index < -0.39 is 17.5 Å². The molecule has 4 rings (SSSR count). The molecule has 0 saturated heterocycles.